The van der Waals surface area contributed by atoms with Crippen LogP contribution in [0.15, 0.2) is 69.3 Å². The van der Waals surface area contributed by atoms with Gasteiger partial charge in [-0.15, -0.1) is 0 Å². The lowest BCUT2D eigenvalue weighted by Gasteiger charge is -2.20. The highest BCUT2D eigenvalue weighted by Crippen LogP contribution is 2.34. The molecule has 0 saturated carbocycles. The third-order valence-electron chi connectivity index (χ3n) is 5.45. The van der Waals surface area contributed by atoms with E-state index in [4.69, 9.17) is 4.74 Å². The molecule has 1 atom stereocenters. The van der Waals surface area contributed by atoms with Gasteiger partial charge in [-0.3, -0.25) is 19.1 Å². The first-order valence-corrected chi connectivity index (χ1v) is 10.6. The number of rotatable bonds is 6. The van der Waals surface area contributed by atoms with Crippen molar-refractivity contribution in [1.29, 1.82) is 0 Å². The lowest BCUT2D eigenvalue weighted by atomic mass is 9.99. The second kappa shape index (κ2) is 9.15. The van der Waals surface area contributed by atoms with Crippen molar-refractivity contribution in [2.75, 3.05) is 6.61 Å². The lowest BCUT2D eigenvalue weighted by Crippen LogP contribution is -2.34. The van der Waals surface area contributed by atoms with Gasteiger partial charge in [-0.25, -0.2) is 9.80 Å². The van der Waals surface area contributed by atoms with E-state index in [0.29, 0.717) is 12.4 Å². The smallest absolute Gasteiger partial charge is 0.331 e. The lowest BCUT2D eigenvalue weighted by molar-refractivity contribution is -0.130. The number of nitrogens with one attached hydrogen (secondary N) is 1. The molecule has 1 aromatic heterocycles. The number of aromatic amines is 1. The maximum absolute atomic E-state index is 12.7. The Hall–Kier alpha value is -4.14. The predicted octanol–water partition coefficient (Wildman–Crippen LogP) is 2.39. The number of aromatic nitrogens is 2. The Kier molecular flexibility index (Phi) is 6.12. The van der Waals surface area contributed by atoms with Crippen LogP contribution in [0.4, 0.5) is 0 Å². The van der Waals surface area contributed by atoms with E-state index < -0.39 is 23.2 Å². The Bertz CT molecular complexity index is 1310. The Morgan fingerprint density at radius 2 is 1.85 bits per heavy atom. The average molecular weight is 448 g/mol. The summed E-state index contributed by atoms with van der Waals surface area (Å²) in [5.74, 6) is -0.0866. The minimum absolute atomic E-state index is 0.0707. The van der Waals surface area contributed by atoms with Gasteiger partial charge in [0.25, 0.3) is 5.56 Å². The van der Waals surface area contributed by atoms with Gasteiger partial charge < -0.3 is 9.84 Å². The van der Waals surface area contributed by atoms with Gasteiger partial charge in [-0.1, -0.05) is 42.5 Å². The summed E-state index contributed by atoms with van der Waals surface area (Å²) in [5, 5.41) is 16.5. The van der Waals surface area contributed by atoms with E-state index in [0.717, 1.165) is 15.7 Å². The molecule has 1 amide bonds. The van der Waals surface area contributed by atoms with Crippen LogP contribution in [0.3, 0.4) is 0 Å². The maximum Gasteiger partial charge on any atom is 0.331 e. The number of hydrazone groups is 1. The topological polar surface area (TPSA) is 117 Å². The summed E-state index contributed by atoms with van der Waals surface area (Å²) >= 11 is 0. The van der Waals surface area contributed by atoms with Crippen molar-refractivity contribution >= 4 is 11.6 Å². The first-order chi connectivity index (χ1) is 15.9. The molecule has 4 rings (SSSR count). The van der Waals surface area contributed by atoms with E-state index in [1.165, 1.54) is 11.9 Å². The third-order valence-corrected chi connectivity index (χ3v) is 5.45. The van der Waals surface area contributed by atoms with Crippen LogP contribution in [0.1, 0.15) is 43.0 Å². The number of hydrogen-bond acceptors (Lipinski definition) is 6. The standard InChI is InChI=1S/C24H24N4O5/c1-3-33-18-11-9-17(10-12-18)20-13-19(26-28(20)15(2)29)21-22(30)25-24(32)27(23(21)31)14-16-7-5-4-6-8-16/h4-12,20,31H,3,13-14H2,1-2H3,(H,25,30,32). The monoisotopic (exact) mass is 448 g/mol. The van der Waals surface area contributed by atoms with Gasteiger partial charge in [0.15, 0.2) is 0 Å². The number of hydrogen-bond donors (Lipinski definition) is 2. The number of benzene rings is 2. The molecule has 170 valence electrons. The minimum Gasteiger partial charge on any atom is -0.494 e. The second-order valence-corrected chi connectivity index (χ2v) is 7.66. The number of carbonyl (C=O) groups excluding carboxylic acids is 1. The fourth-order valence-electron chi connectivity index (χ4n) is 3.90. The Morgan fingerprint density at radius 3 is 2.48 bits per heavy atom. The number of amides is 1. The largest absolute Gasteiger partial charge is 0.494 e. The van der Waals surface area contributed by atoms with E-state index in [1.807, 2.05) is 49.4 Å². The van der Waals surface area contributed by atoms with Crippen molar-refractivity contribution in [3.63, 3.8) is 0 Å². The molecule has 2 heterocycles. The average Bonchev–Trinajstić information content (AvgIpc) is 3.23. The van der Waals surface area contributed by atoms with Crippen molar-refractivity contribution < 1.29 is 14.6 Å². The first kappa shape index (κ1) is 22.1. The molecule has 1 aliphatic rings. The Labute approximate surface area is 189 Å². The van der Waals surface area contributed by atoms with Crippen molar-refractivity contribution in [1.82, 2.24) is 14.6 Å². The summed E-state index contributed by atoms with van der Waals surface area (Å²) in [6.45, 7) is 3.88. The van der Waals surface area contributed by atoms with E-state index in [2.05, 4.69) is 10.1 Å². The van der Waals surface area contributed by atoms with E-state index in [9.17, 15) is 19.5 Å². The van der Waals surface area contributed by atoms with Crippen molar-refractivity contribution in [3.8, 4) is 11.6 Å². The molecule has 0 spiro atoms. The summed E-state index contributed by atoms with van der Waals surface area (Å²) in [4.78, 5) is 39.6. The molecule has 0 radical (unpaired) electrons. The summed E-state index contributed by atoms with van der Waals surface area (Å²) < 4.78 is 6.55. The maximum atomic E-state index is 12.7. The Balaban J connectivity index is 1.72. The van der Waals surface area contributed by atoms with Gasteiger partial charge in [-0.2, -0.15) is 5.10 Å². The summed E-state index contributed by atoms with van der Waals surface area (Å²) in [6, 6.07) is 15.9. The molecule has 0 bridgehead atoms. The fourth-order valence-corrected chi connectivity index (χ4v) is 3.90. The Morgan fingerprint density at radius 1 is 1.15 bits per heavy atom. The predicted molar refractivity (Wildman–Crippen MR) is 123 cm³/mol. The molecule has 3 aromatic rings. The minimum atomic E-state index is -0.753. The van der Waals surface area contributed by atoms with Crippen LogP contribution in [-0.4, -0.2) is 37.9 Å². The van der Waals surface area contributed by atoms with Crippen molar-refractivity contribution in [2.45, 2.75) is 32.9 Å². The zero-order valence-electron chi connectivity index (χ0n) is 18.3. The van der Waals surface area contributed by atoms with Crippen molar-refractivity contribution in [3.05, 3.63) is 92.1 Å². The normalized spacial score (nSPS) is 15.4. The van der Waals surface area contributed by atoms with E-state index in [1.54, 1.807) is 12.1 Å². The fraction of sp³-hybridized carbons (Fsp3) is 0.250. The number of carbonyl (C=O) groups is 1. The second-order valence-electron chi connectivity index (χ2n) is 7.66. The first-order valence-electron chi connectivity index (χ1n) is 10.6. The molecule has 0 fully saturated rings. The van der Waals surface area contributed by atoms with Gasteiger partial charge in [0.2, 0.25) is 11.8 Å². The van der Waals surface area contributed by atoms with Gasteiger partial charge in [0, 0.05) is 13.3 Å². The SMILES string of the molecule is CCOc1ccc(C2CC(c3c(O)n(Cc4ccccc4)c(=O)[nH]c3=O)=NN2C(C)=O)cc1. The third kappa shape index (κ3) is 4.43. The highest BCUT2D eigenvalue weighted by molar-refractivity contribution is 6.04. The van der Waals surface area contributed by atoms with Crippen LogP contribution in [0.2, 0.25) is 0 Å². The number of ether oxygens (including phenoxy) is 1. The number of aromatic hydroxyl groups is 1. The van der Waals surface area contributed by atoms with Crippen LogP contribution in [0.25, 0.3) is 0 Å². The summed E-state index contributed by atoms with van der Waals surface area (Å²) in [5.41, 5.74) is 0.210. The van der Waals surface area contributed by atoms with Crippen LogP contribution in [-0.2, 0) is 11.3 Å². The van der Waals surface area contributed by atoms with Crippen LogP contribution in [0.5, 0.6) is 11.6 Å². The molecule has 0 saturated heterocycles. The van der Waals surface area contributed by atoms with Gasteiger partial charge in [-0.05, 0) is 30.2 Å². The molecule has 2 N–H and O–H groups in total. The highest BCUT2D eigenvalue weighted by Gasteiger charge is 2.34. The molecular weight excluding hydrogens is 424 g/mol. The van der Waals surface area contributed by atoms with Gasteiger partial charge in [0.05, 0.1) is 24.9 Å². The molecule has 1 aliphatic heterocycles. The van der Waals surface area contributed by atoms with Crippen LogP contribution < -0.4 is 16.0 Å². The quantitative estimate of drug-likeness (QED) is 0.601. The van der Waals surface area contributed by atoms with Crippen LogP contribution in [0, 0.1) is 0 Å². The van der Waals surface area contributed by atoms with E-state index >= 15 is 0 Å². The number of nitrogens with zero attached hydrogens (tertiary/aromatic N) is 3. The molecule has 0 aliphatic carbocycles. The molecular formula is C24H24N4O5. The van der Waals surface area contributed by atoms with E-state index in [-0.39, 0.29) is 30.1 Å². The zero-order valence-corrected chi connectivity index (χ0v) is 18.3. The summed E-state index contributed by atoms with van der Waals surface area (Å²) in [7, 11) is 0. The molecule has 9 heteroatoms. The summed E-state index contributed by atoms with van der Waals surface area (Å²) in [6.07, 6.45) is 0.202. The molecule has 2 aromatic carbocycles. The van der Waals surface area contributed by atoms with Crippen LogP contribution >= 0.6 is 0 Å². The molecule has 9 nitrogen and oxygen atoms in total. The molecule has 1 unspecified atom stereocenters. The van der Waals surface area contributed by atoms with Gasteiger partial charge >= 0.3 is 5.69 Å². The number of H-pyrrole nitrogens is 1. The zero-order chi connectivity index (χ0) is 23.5. The highest BCUT2D eigenvalue weighted by atomic mass is 16.5. The van der Waals surface area contributed by atoms with Crippen molar-refractivity contribution in [2.24, 2.45) is 5.10 Å². The van der Waals surface area contributed by atoms with Gasteiger partial charge in [0.1, 0.15) is 11.3 Å². The molecule has 33 heavy (non-hydrogen) atoms.